The number of carbonyl (C=O) groups excluding carboxylic acids is 1. The highest BCUT2D eigenvalue weighted by Gasteiger charge is 2.27. The maximum absolute atomic E-state index is 12.5. The van der Waals surface area contributed by atoms with Crippen LogP contribution in [0.3, 0.4) is 0 Å². The summed E-state index contributed by atoms with van der Waals surface area (Å²) in [5, 5.41) is 3.67. The summed E-state index contributed by atoms with van der Waals surface area (Å²) in [5.41, 5.74) is 0.985. The van der Waals surface area contributed by atoms with Gasteiger partial charge >= 0.3 is 0 Å². The third-order valence-electron chi connectivity index (χ3n) is 4.02. The van der Waals surface area contributed by atoms with Crippen LogP contribution in [0.15, 0.2) is 24.4 Å². The average molecular weight is 316 g/mol. The van der Waals surface area contributed by atoms with Gasteiger partial charge in [-0.2, -0.15) is 0 Å². The van der Waals surface area contributed by atoms with E-state index >= 15 is 0 Å². The van der Waals surface area contributed by atoms with Crippen LogP contribution in [-0.2, 0) is 4.79 Å². The predicted molar refractivity (Wildman–Crippen MR) is 89.4 cm³/mol. The van der Waals surface area contributed by atoms with Crippen molar-refractivity contribution in [1.29, 1.82) is 0 Å². The molecule has 0 spiro atoms. The highest BCUT2D eigenvalue weighted by molar-refractivity contribution is 7.15. The summed E-state index contributed by atoms with van der Waals surface area (Å²) in [6, 6.07) is 5.88. The molecule has 1 amide bonds. The second-order valence-corrected chi connectivity index (χ2v) is 6.83. The van der Waals surface area contributed by atoms with Gasteiger partial charge in [0.2, 0.25) is 5.91 Å². The summed E-state index contributed by atoms with van der Waals surface area (Å²) >= 11 is 1.53. The van der Waals surface area contributed by atoms with Crippen molar-refractivity contribution in [3.63, 3.8) is 0 Å². The van der Waals surface area contributed by atoms with E-state index in [0.717, 1.165) is 35.8 Å². The lowest BCUT2D eigenvalue weighted by Crippen LogP contribution is -2.41. The Balaban J connectivity index is 1.65. The van der Waals surface area contributed by atoms with E-state index in [1.165, 1.54) is 11.3 Å². The van der Waals surface area contributed by atoms with Gasteiger partial charge in [-0.15, -0.1) is 11.3 Å². The maximum Gasteiger partial charge on any atom is 0.231 e. The van der Waals surface area contributed by atoms with Crippen LogP contribution in [0.25, 0.3) is 0 Å². The molecule has 1 aliphatic heterocycles. The third kappa shape index (κ3) is 3.27. The Bertz CT molecular complexity index is 636. The van der Waals surface area contributed by atoms with Gasteiger partial charge in [-0.3, -0.25) is 4.79 Å². The number of piperidine rings is 1. The molecule has 22 heavy (non-hydrogen) atoms. The molecular formula is C16H20N4OS. The lowest BCUT2D eigenvalue weighted by atomic mass is 9.97. The Kier molecular flexibility index (Phi) is 4.38. The van der Waals surface area contributed by atoms with E-state index in [2.05, 4.69) is 20.2 Å². The molecule has 3 heterocycles. The first-order valence-corrected chi connectivity index (χ1v) is 8.36. The van der Waals surface area contributed by atoms with E-state index in [1.807, 2.05) is 32.0 Å². The summed E-state index contributed by atoms with van der Waals surface area (Å²) < 4.78 is 0. The van der Waals surface area contributed by atoms with Gasteiger partial charge in [-0.05, 0) is 38.8 Å². The van der Waals surface area contributed by atoms with Crippen LogP contribution in [0.1, 0.15) is 23.4 Å². The van der Waals surface area contributed by atoms with Gasteiger partial charge in [0, 0.05) is 24.2 Å². The standard InChI is InChI=1S/C16H20N4OS/c1-11-12(2)22-16(18-11)19-15(21)13-6-5-9-20(10-13)14-7-3-4-8-17-14/h3-4,7-8,13H,5-6,9-10H2,1-2H3,(H,18,19,21)/t13-/m1/s1. The lowest BCUT2D eigenvalue weighted by Gasteiger charge is -2.32. The van der Waals surface area contributed by atoms with E-state index in [4.69, 9.17) is 0 Å². The fourth-order valence-electron chi connectivity index (χ4n) is 2.67. The molecule has 116 valence electrons. The molecule has 2 aromatic heterocycles. The molecule has 0 aliphatic carbocycles. The van der Waals surface area contributed by atoms with Crippen LogP contribution in [-0.4, -0.2) is 29.0 Å². The summed E-state index contributed by atoms with van der Waals surface area (Å²) in [6.45, 7) is 5.65. The van der Waals surface area contributed by atoms with Gasteiger partial charge in [0.15, 0.2) is 5.13 Å². The quantitative estimate of drug-likeness (QED) is 0.945. The van der Waals surface area contributed by atoms with Crippen molar-refractivity contribution in [2.45, 2.75) is 26.7 Å². The monoisotopic (exact) mass is 316 g/mol. The van der Waals surface area contributed by atoms with E-state index in [1.54, 1.807) is 6.20 Å². The number of nitrogens with zero attached hydrogens (tertiary/aromatic N) is 3. The Labute approximate surface area is 134 Å². The number of hydrogen-bond donors (Lipinski definition) is 1. The highest BCUT2D eigenvalue weighted by Crippen LogP contribution is 2.25. The summed E-state index contributed by atoms with van der Waals surface area (Å²) in [6.07, 6.45) is 3.71. The van der Waals surface area contributed by atoms with Crippen LogP contribution >= 0.6 is 11.3 Å². The molecule has 3 rings (SSSR count). The molecule has 2 aromatic rings. The van der Waals surface area contributed by atoms with Crippen LogP contribution in [0, 0.1) is 19.8 Å². The number of nitrogens with one attached hydrogen (secondary N) is 1. The van der Waals surface area contributed by atoms with Crippen molar-refractivity contribution >= 4 is 28.2 Å². The van der Waals surface area contributed by atoms with E-state index < -0.39 is 0 Å². The molecule has 1 atom stereocenters. The fraction of sp³-hybridized carbons (Fsp3) is 0.438. The molecule has 0 bridgehead atoms. The molecule has 0 aromatic carbocycles. The summed E-state index contributed by atoms with van der Waals surface area (Å²) in [7, 11) is 0. The van der Waals surface area contributed by atoms with Gasteiger partial charge in [0.1, 0.15) is 5.82 Å². The van der Waals surface area contributed by atoms with Crippen LogP contribution in [0.2, 0.25) is 0 Å². The minimum Gasteiger partial charge on any atom is -0.356 e. The first-order chi connectivity index (χ1) is 10.6. The first-order valence-electron chi connectivity index (χ1n) is 7.54. The zero-order valence-corrected chi connectivity index (χ0v) is 13.7. The van der Waals surface area contributed by atoms with Crippen molar-refractivity contribution in [1.82, 2.24) is 9.97 Å². The Morgan fingerprint density at radius 2 is 2.27 bits per heavy atom. The molecule has 1 fully saturated rings. The number of thiazole rings is 1. The van der Waals surface area contributed by atoms with Crippen molar-refractivity contribution in [3.05, 3.63) is 35.0 Å². The fourth-order valence-corrected chi connectivity index (χ4v) is 3.49. The lowest BCUT2D eigenvalue weighted by molar-refractivity contribution is -0.120. The molecular weight excluding hydrogens is 296 g/mol. The summed E-state index contributed by atoms with van der Waals surface area (Å²) in [4.78, 5) is 24.6. The second-order valence-electron chi connectivity index (χ2n) is 5.62. The molecule has 0 radical (unpaired) electrons. The molecule has 1 N–H and O–H groups in total. The zero-order chi connectivity index (χ0) is 15.5. The van der Waals surface area contributed by atoms with Gasteiger partial charge in [0.05, 0.1) is 11.6 Å². The van der Waals surface area contributed by atoms with E-state index in [9.17, 15) is 4.79 Å². The number of hydrogen-bond acceptors (Lipinski definition) is 5. The van der Waals surface area contributed by atoms with E-state index in [0.29, 0.717) is 11.7 Å². The minimum atomic E-state index is -0.0136. The van der Waals surface area contributed by atoms with Gasteiger partial charge in [-0.1, -0.05) is 6.07 Å². The van der Waals surface area contributed by atoms with Crippen LogP contribution in [0.4, 0.5) is 10.9 Å². The Hall–Kier alpha value is -1.95. The zero-order valence-electron chi connectivity index (χ0n) is 12.9. The minimum absolute atomic E-state index is 0.0136. The molecule has 1 saturated heterocycles. The van der Waals surface area contributed by atoms with Crippen molar-refractivity contribution < 1.29 is 4.79 Å². The van der Waals surface area contributed by atoms with Gasteiger partial charge in [0.25, 0.3) is 0 Å². The van der Waals surface area contributed by atoms with Crippen LogP contribution < -0.4 is 10.2 Å². The largest absolute Gasteiger partial charge is 0.356 e. The number of aryl methyl sites for hydroxylation is 2. The maximum atomic E-state index is 12.5. The number of carbonyl (C=O) groups is 1. The van der Waals surface area contributed by atoms with Crippen molar-refractivity contribution in [2.24, 2.45) is 5.92 Å². The van der Waals surface area contributed by atoms with Crippen molar-refractivity contribution in [3.8, 4) is 0 Å². The third-order valence-corrected chi connectivity index (χ3v) is 5.01. The number of amides is 1. The number of aromatic nitrogens is 2. The van der Waals surface area contributed by atoms with Gasteiger partial charge < -0.3 is 10.2 Å². The molecule has 1 aliphatic rings. The Morgan fingerprint density at radius 1 is 1.41 bits per heavy atom. The van der Waals surface area contributed by atoms with Gasteiger partial charge in [-0.25, -0.2) is 9.97 Å². The number of rotatable bonds is 3. The number of pyridine rings is 1. The first kappa shape index (κ1) is 15.0. The topological polar surface area (TPSA) is 58.1 Å². The SMILES string of the molecule is Cc1nc(NC(=O)[C@@H]2CCCN(c3ccccn3)C2)sc1C. The number of anilines is 2. The molecule has 0 saturated carbocycles. The average Bonchev–Trinajstić information content (AvgIpc) is 2.86. The molecule has 6 heteroatoms. The normalized spacial score (nSPS) is 18.3. The molecule has 5 nitrogen and oxygen atoms in total. The van der Waals surface area contributed by atoms with E-state index in [-0.39, 0.29) is 11.8 Å². The predicted octanol–water partition coefficient (Wildman–Crippen LogP) is 3.01. The Morgan fingerprint density at radius 3 is 2.95 bits per heavy atom. The van der Waals surface area contributed by atoms with Crippen LogP contribution in [0.5, 0.6) is 0 Å². The smallest absolute Gasteiger partial charge is 0.231 e. The molecule has 0 unspecified atom stereocenters. The second kappa shape index (κ2) is 6.44. The van der Waals surface area contributed by atoms with Crippen molar-refractivity contribution in [2.75, 3.05) is 23.3 Å². The highest BCUT2D eigenvalue weighted by atomic mass is 32.1. The summed E-state index contributed by atoms with van der Waals surface area (Å²) in [5.74, 6) is 0.996.